The molecule has 210 valence electrons. The second-order valence-corrected chi connectivity index (χ2v) is 11.9. The van der Waals surface area contributed by atoms with E-state index in [0.29, 0.717) is 12.8 Å². The fourth-order valence-corrected chi connectivity index (χ4v) is 8.27. The molecule has 2 unspecified atom stereocenters. The monoisotopic (exact) mass is 536 g/mol. The van der Waals surface area contributed by atoms with E-state index in [4.69, 9.17) is 9.47 Å². The first-order valence-corrected chi connectivity index (χ1v) is 13.6. The van der Waals surface area contributed by atoms with E-state index in [2.05, 4.69) is 0 Å². The van der Waals surface area contributed by atoms with Crippen molar-refractivity contribution in [3.05, 3.63) is 23.6 Å². The van der Waals surface area contributed by atoms with Crippen molar-refractivity contribution in [3.63, 3.8) is 0 Å². The molecule has 0 amide bonds. The van der Waals surface area contributed by atoms with Crippen molar-refractivity contribution in [3.8, 4) is 0 Å². The maximum absolute atomic E-state index is 17.4. The predicted octanol–water partition coefficient (Wildman–Crippen LogP) is 4.50. The van der Waals surface area contributed by atoms with Crippen LogP contribution in [0.2, 0.25) is 0 Å². The number of aliphatic hydroxyl groups excluding tert-OH is 1. The first kappa shape index (κ1) is 28.6. The zero-order chi connectivity index (χ0) is 28.3. The van der Waals surface area contributed by atoms with Gasteiger partial charge >= 0.3 is 11.9 Å². The molecule has 0 aromatic rings. The number of carbonyl (C=O) groups excluding carboxylic acids is 4. The van der Waals surface area contributed by atoms with E-state index in [9.17, 15) is 28.7 Å². The van der Waals surface area contributed by atoms with Gasteiger partial charge in [-0.2, -0.15) is 0 Å². The molecule has 0 aromatic carbocycles. The molecule has 0 heterocycles. The Morgan fingerprint density at radius 1 is 1.16 bits per heavy atom. The molecule has 8 atom stereocenters. The molecule has 0 aliphatic heterocycles. The number of ether oxygens (including phenoxy) is 2. The van der Waals surface area contributed by atoms with Crippen molar-refractivity contribution < 1.29 is 42.5 Å². The molecule has 0 bridgehead atoms. The van der Waals surface area contributed by atoms with Gasteiger partial charge < -0.3 is 14.6 Å². The van der Waals surface area contributed by atoms with Gasteiger partial charge in [-0.15, -0.1) is 0 Å². The average molecular weight is 537 g/mol. The van der Waals surface area contributed by atoms with Crippen LogP contribution in [0.4, 0.5) is 8.78 Å². The lowest BCUT2D eigenvalue weighted by Gasteiger charge is -2.62. The van der Waals surface area contributed by atoms with Crippen LogP contribution in [0.3, 0.4) is 0 Å². The molecule has 4 aliphatic rings. The molecule has 0 radical (unpaired) electrons. The van der Waals surface area contributed by atoms with Gasteiger partial charge in [-0.1, -0.05) is 33.8 Å². The number of aliphatic hydroxyl groups is 1. The quantitative estimate of drug-likeness (QED) is 0.477. The van der Waals surface area contributed by atoms with Gasteiger partial charge in [0, 0.05) is 35.5 Å². The van der Waals surface area contributed by atoms with Gasteiger partial charge in [0.2, 0.25) is 11.6 Å². The summed E-state index contributed by atoms with van der Waals surface area (Å²) in [6, 6.07) is 0. The molecule has 0 saturated heterocycles. The summed E-state index contributed by atoms with van der Waals surface area (Å²) in [5.41, 5.74) is -6.69. The lowest BCUT2D eigenvalue weighted by molar-refractivity contribution is -0.229. The normalized spacial score (nSPS) is 41.7. The molecule has 0 aromatic heterocycles. The fraction of sp³-hybridized carbons (Fsp3) is 0.724. The van der Waals surface area contributed by atoms with Crippen molar-refractivity contribution in [2.45, 2.75) is 96.9 Å². The first-order chi connectivity index (χ1) is 17.7. The second kappa shape index (κ2) is 9.65. The smallest absolute Gasteiger partial charge is 0.306 e. The highest BCUT2D eigenvalue weighted by Crippen LogP contribution is 2.71. The average Bonchev–Trinajstić information content (AvgIpc) is 3.08. The summed E-state index contributed by atoms with van der Waals surface area (Å²) in [5, 5.41) is 11.6. The molecular weight excluding hydrogens is 498 g/mol. The van der Waals surface area contributed by atoms with Gasteiger partial charge in [-0.05, 0) is 56.6 Å². The number of ketones is 2. The maximum atomic E-state index is 17.4. The third-order valence-corrected chi connectivity index (χ3v) is 10.1. The second-order valence-electron chi connectivity index (χ2n) is 11.9. The van der Waals surface area contributed by atoms with E-state index in [0.717, 1.165) is 6.08 Å². The number of hydrogen-bond acceptors (Lipinski definition) is 7. The summed E-state index contributed by atoms with van der Waals surface area (Å²) >= 11 is 0. The molecule has 7 nitrogen and oxygen atoms in total. The van der Waals surface area contributed by atoms with Crippen LogP contribution >= 0.6 is 0 Å². The van der Waals surface area contributed by atoms with Crippen molar-refractivity contribution in [2.24, 2.45) is 28.6 Å². The predicted molar refractivity (Wildman–Crippen MR) is 133 cm³/mol. The Hall–Kier alpha value is -2.42. The van der Waals surface area contributed by atoms with Crippen LogP contribution in [-0.4, -0.2) is 52.6 Å². The van der Waals surface area contributed by atoms with Crippen LogP contribution in [0.1, 0.15) is 79.6 Å². The third kappa shape index (κ3) is 3.67. The number of hydrogen-bond donors (Lipinski definition) is 1. The molecule has 3 fully saturated rings. The maximum Gasteiger partial charge on any atom is 0.306 e. The Bertz CT molecular complexity index is 1110. The fourth-order valence-electron chi connectivity index (χ4n) is 8.27. The van der Waals surface area contributed by atoms with Gasteiger partial charge in [0.25, 0.3) is 0 Å². The molecule has 38 heavy (non-hydrogen) atoms. The minimum absolute atomic E-state index is 0.0561. The lowest BCUT2D eigenvalue weighted by atomic mass is 9.44. The van der Waals surface area contributed by atoms with E-state index in [1.165, 1.54) is 13.0 Å². The number of Topliss-reactive ketones (excluding diaryl/α,β-unsaturated/α-hetero) is 1. The highest BCUT2D eigenvalue weighted by Gasteiger charge is 2.77. The van der Waals surface area contributed by atoms with Crippen LogP contribution in [0.25, 0.3) is 0 Å². The highest BCUT2D eigenvalue weighted by atomic mass is 19.1. The van der Waals surface area contributed by atoms with Crippen LogP contribution in [0.5, 0.6) is 0 Å². The summed E-state index contributed by atoms with van der Waals surface area (Å²) in [4.78, 5) is 50.7. The zero-order valence-electron chi connectivity index (χ0n) is 22.8. The van der Waals surface area contributed by atoms with Gasteiger partial charge in [0.15, 0.2) is 23.7 Å². The van der Waals surface area contributed by atoms with Gasteiger partial charge in [0.05, 0.1) is 6.10 Å². The zero-order valence-corrected chi connectivity index (χ0v) is 22.8. The number of fused-ring (bicyclic) bond motifs is 5. The van der Waals surface area contributed by atoms with Crippen molar-refractivity contribution >= 4 is 23.5 Å². The summed E-state index contributed by atoms with van der Waals surface area (Å²) < 4.78 is 43.6. The Kier molecular flexibility index (Phi) is 7.26. The van der Waals surface area contributed by atoms with E-state index < -0.39 is 81.9 Å². The van der Waals surface area contributed by atoms with E-state index >= 15 is 4.39 Å². The summed E-state index contributed by atoms with van der Waals surface area (Å²) in [5.74, 6) is -5.37. The molecular formula is C29H38F2O7. The lowest BCUT2D eigenvalue weighted by Crippen LogP contribution is -2.70. The third-order valence-electron chi connectivity index (χ3n) is 10.1. The summed E-state index contributed by atoms with van der Waals surface area (Å²) in [6.07, 6.45) is 1.78. The molecule has 0 spiro atoms. The van der Waals surface area contributed by atoms with E-state index in [-0.39, 0.29) is 37.7 Å². The number of rotatable bonds is 7. The number of esters is 2. The first-order valence-electron chi connectivity index (χ1n) is 13.6. The highest BCUT2D eigenvalue weighted by molar-refractivity contribution is 6.04. The Morgan fingerprint density at radius 3 is 2.47 bits per heavy atom. The molecule has 9 heteroatoms. The van der Waals surface area contributed by atoms with Gasteiger partial charge in [-0.25, -0.2) is 8.78 Å². The Balaban J connectivity index is 1.81. The number of halogens is 2. The SMILES string of the molecule is CCCC(=O)O[C@]1(C(=O)COC(=O)CC)C(C)C[C@H]2[C@@H]3CCC4=C(F)C(=O)C=C[C@]4(C)[C@@]3(F)C(O)C[C@@]21C. The van der Waals surface area contributed by atoms with E-state index in [1.807, 2.05) is 0 Å². The Labute approximate surface area is 222 Å². The van der Waals surface area contributed by atoms with Crippen molar-refractivity contribution in [1.29, 1.82) is 0 Å². The Morgan fingerprint density at radius 2 is 1.84 bits per heavy atom. The molecule has 4 aliphatic carbocycles. The number of allylic oxidation sites excluding steroid dienone is 4. The minimum atomic E-state index is -2.31. The largest absolute Gasteiger partial charge is 0.457 e. The number of carbonyl (C=O) groups is 4. The van der Waals surface area contributed by atoms with Crippen LogP contribution in [0.15, 0.2) is 23.6 Å². The summed E-state index contributed by atoms with van der Waals surface area (Å²) in [7, 11) is 0. The van der Waals surface area contributed by atoms with Gasteiger partial charge in [-0.3, -0.25) is 19.2 Å². The van der Waals surface area contributed by atoms with Crippen molar-refractivity contribution in [2.75, 3.05) is 6.61 Å². The summed E-state index contributed by atoms with van der Waals surface area (Å²) in [6.45, 7) is 7.84. The van der Waals surface area contributed by atoms with Crippen LogP contribution in [-0.2, 0) is 28.7 Å². The van der Waals surface area contributed by atoms with E-state index in [1.54, 1.807) is 27.7 Å². The molecule has 4 rings (SSSR count). The van der Waals surface area contributed by atoms with Crippen molar-refractivity contribution in [1.82, 2.24) is 0 Å². The molecule has 3 saturated carbocycles. The topological polar surface area (TPSA) is 107 Å². The van der Waals surface area contributed by atoms with Crippen LogP contribution in [0, 0.1) is 28.6 Å². The number of alkyl halides is 1. The standard InChI is InChI=1S/C29H38F2O7/c1-6-8-24(36)38-29(22(34)15-37-23(35)7-2)16(3)13-19-17-9-10-18-25(30)20(32)11-12-26(18,4)28(17,31)21(33)14-27(19,29)5/h11-12,16-17,19,21,33H,6-10,13-15H2,1-5H3/t16?,17-,19-,21?,26-,27-,28-,29-/m0/s1. The molecule has 1 N–H and O–H groups in total. The van der Waals surface area contributed by atoms with Crippen LogP contribution < -0.4 is 0 Å². The minimum Gasteiger partial charge on any atom is -0.457 e. The van der Waals surface area contributed by atoms with Gasteiger partial charge in [0.1, 0.15) is 0 Å².